The molecule has 0 fully saturated rings. The first-order chi connectivity index (χ1) is 5.29. The van der Waals surface area contributed by atoms with Crippen LogP contribution in [0.3, 0.4) is 0 Å². The summed E-state index contributed by atoms with van der Waals surface area (Å²) < 4.78 is 14.5. The molecule has 0 spiro atoms. The predicted octanol–water partition coefficient (Wildman–Crippen LogP) is 3.04. The summed E-state index contributed by atoms with van der Waals surface area (Å²) in [4.78, 5) is 4.05. The molecule has 0 unspecified atom stereocenters. The lowest BCUT2D eigenvalue weighted by Crippen LogP contribution is -1.81. The zero-order valence-electron chi connectivity index (χ0n) is 5.34. The fraction of sp³-hybridized carbons (Fsp3) is 0. The lowest BCUT2D eigenvalue weighted by atomic mass is 10.3. The van der Waals surface area contributed by atoms with Gasteiger partial charge >= 0.3 is 0 Å². The van der Waals surface area contributed by atoms with Crippen LogP contribution in [0.2, 0.25) is 0 Å². The summed E-state index contributed by atoms with van der Waals surface area (Å²) in [6.07, 6.45) is 0. The molecule has 2 aromatic rings. The van der Waals surface area contributed by atoms with Gasteiger partial charge in [-0.3, -0.25) is 0 Å². The van der Waals surface area contributed by atoms with Gasteiger partial charge in [0.1, 0.15) is 5.82 Å². The summed E-state index contributed by atoms with van der Waals surface area (Å²) in [5, 5.41) is 0. The highest BCUT2D eigenvalue weighted by molar-refractivity contribution is 14.1. The van der Waals surface area contributed by atoms with Crippen LogP contribution >= 0.6 is 33.9 Å². The summed E-state index contributed by atoms with van der Waals surface area (Å²) in [5.74, 6) is -0.191. The average Bonchev–Trinajstić information content (AvgIpc) is 2.45. The SMILES string of the molecule is Fc1ccc2scnc2c1I. The molecular weight excluding hydrogens is 276 g/mol. The van der Waals surface area contributed by atoms with E-state index in [0.29, 0.717) is 3.57 Å². The molecule has 0 aliphatic heterocycles. The summed E-state index contributed by atoms with van der Waals surface area (Å²) in [7, 11) is 0. The number of halogens is 2. The Kier molecular flexibility index (Phi) is 1.80. The van der Waals surface area contributed by atoms with Crippen LogP contribution < -0.4 is 0 Å². The van der Waals surface area contributed by atoms with Crippen molar-refractivity contribution in [2.24, 2.45) is 0 Å². The molecule has 0 N–H and O–H groups in total. The van der Waals surface area contributed by atoms with Gasteiger partial charge in [-0.15, -0.1) is 11.3 Å². The van der Waals surface area contributed by atoms with Crippen molar-refractivity contribution in [3.8, 4) is 0 Å². The highest BCUT2D eigenvalue weighted by Crippen LogP contribution is 2.24. The molecule has 0 amide bonds. The van der Waals surface area contributed by atoms with Gasteiger partial charge in [-0.05, 0) is 34.7 Å². The van der Waals surface area contributed by atoms with Gasteiger partial charge in [-0.1, -0.05) is 0 Å². The summed E-state index contributed by atoms with van der Waals surface area (Å²) in [5.41, 5.74) is 2.50. The zero-order valence-corrected chi connectivity index (χ0v) is 8.32. The van der Waals surface area contributed by atoms with Gasteiger partial charge in [-0.25, -0.2) is 9.37 Å². The van der Waals surface area contributed by atoms with E-state index in [1.165, 1.54) is 17.4 Å². The van der Waals surface area contributed by atoms with Gasteiger partial charge in [0, 0.05) is 0 Å². The summed E-state index contributed by atoms with van der Waals surface area (Å²) in [6.45, 7) is 0. The van der Waals surface area contributed by atoms with Crippen molar-refractivity contribution in [3.05, 3.63) is 27.0 Å². The van der Waals surface area contributed by atoms with Crippen molar-refractivity contribution in [2.45, 2.75) is 0 Å². The van der Waals surface area contributed by atoms with Crippen LogP contribution in [0.5, 0.6) is 0 Å². The fourth-order valence-corrected chi connectivity index (χ4v) is 2.35. The Morgan fingerprint density at radius 2 is 2.27 bits per heavy atom. The first kappa shape index (κ1) is 7.42. The van der Waals surface area contributed by atoms with E-state index < -0.39 is 0 Å². The standard InChI is InChI=1S/C7H3FINS/c8-4-1-2-5-7(6(4)9)10-3-11-5/h1-3H. The van der Waals surface area contributed by atoms with E-state index in [0.717, 1.165) is 10.2 Å². The van der Waals surface area contributed by atoms with Crippen LogP contribution in [0.4, 0.5) is 4.39 Å². The molecule has 56 valence electrons. The third-order valence-electron chi connectivity index (χ3n) is 1.39. The van der Waals surface area contributed by atoms with E-state index >= 15 is 0 Å². The number of nitrogens with zero attached hydrogens (tertiary/aromatic N) is 1. The second-order valence-corrected chi connectivity index (χ2v) is 4.03. The maximum absolute atomic E-state index is 12.9. The van der Waals surface area contributed by atoms with Gasteiger partial charge < -0.3 is 0 Å². The summed E-state index contributed by atoms with van der Waals surface area (Å²) in [6, 6.07) is 3.23. The highest BCUT2D eigenvalue weighted by atomic mass is 127. The topological polar surface area (TPSA) is 12.9 Å². The van der Waals surface area contributed by atoms with E-state index in [-0.39, 0.29) is 5.82 Å². The molecule has 0 aliphatic rings. The lowest BCUT2D eigenvalue weighted by Gasteiger charge is -1.92. The van der Waals surface area contributed by atoms with Crippen LogP contribution in [0.1, 0.15) is 0 Å². The second kappa shape index (κ2) is 2.67. The van der Waals surface area contributed by atoms with Crippen molar-refractivity contribution in [3.63, 3.8) is 0 Å². The van der Waals surface area contributed by atoms with Crippen LogP contribution in [-0.2, 0) is 0 Å². The van der Waals surface area contributed by atoms with E-state index in [4.69, 9.17) is 0 Å². The second-order valence-electron chi connectivity index (χ2n) is 2.06. The van der Waals surface area contributed by atoms with Gasteiger partial charge in [0.05, 0.1) is 19.3 Å². The lowest BCUT2D eigenvalue weighted by molar-refractivity contribution is 0.622. The minimum atomic E-state index is -0.191. The number of benzene rings is 1. The Hall–Kier alpha value is -0.230. The van der Waals surface area contributed by atoms with Gasteiger partial charge in [0.25, 0.3) is 0 Å². The Morgan fingerprint density at radius 1 is 1.45 bits per heavy atom. The van der Waals surface area contributed by atoms with E-state index in [1.54, 1.807) is 11.6 Å². The quantitative estimate of drug-likeness (QED) is 0.675. The molecule has 11 heavy (non-hydrogen) atoms. The maximum atomic E-state index is 12.9. The molecule has 2 rings (SSSR count). The molecule has 0 bridgehead atoms. The van der Waals surface area contributed by atoms with Gasteiger partial charge in [-0.2, -0.15) is 0 Å². The fourth-order valence-electron chi connectivity index (χ4n) is 0.873. The summed E-state index contributed by atoms with van der Waals surface area (Å²) >= 11 is 3.50. The Balaban J connectivity index is 2.93. The third-order valence-corrected chi connectivity index (χ3v) is 3.21. The molecule has 0 aliphatic carbocycles. The van der Waals surface area contributed by atoms with Crippen molar-refractivity contribution in [1.29, 1.82) is 0 Å². The molecule has 1 aromatic carbocycles. The Morgan fingerprint density at radius 3 is 3.09 bits per heavy atom. The number of hydrogen-bond acceptors (Lipinski definition) is 2. The van der Waals surface area contributed by atoms with Crippen LogP contribution in [-0.4, -0.2) is 4.98 Å². The molecule has 1 aromatic heterocycles. The zero-order chi connectivity index (χ0) is 7.84. The number of hydrogen-bond donors (Lipinski definition) is 0. The predicted molar refractivity (Wildman–Crippen MR) is 52.3 cm³/mol. The molecule has 1 heterocycles. The largest absolute Gasteiger partial charge is 0.243 e. The van der Waals surface area contributed by atoms with Gasteiger partial charge in [0.2, 0.25) is 0 Å². The minimum Gasteiger partial charge on any atom is -0.243 e. The molecule has 0 saturated carbocycles. The molecule has 0 atom stereocenters. The number of aromatic nitrogens is 1. The van der Waals surface area contributed by atoms with Crippen molar-refractivity contribution in [2.75, 3.05) is 0 Å². The van der Waals surface area contributed by atoms with Crippen molar-refractivity contribution >= 4 is 44.1 Å². The highest BCUT2D eigenvalue weighted by Gasteiger charge is 2.05. The van der Waals surface area contributed by atoms with Gasteiger partial charge in [0.15, 0.2) is 0 Å². The maximum Gasteiger partial charge on any atom is 0.138 e. The van der Waals surface area contributed by atoms with E-state index in [2.05, 4.69) is 4.98 Å². The Bertz CT molecular complexity index is 398. The first-order valence-electron chi connectivity index (χ1n) is 2.96. The molecule has 4 heteroatoms. The molecule has 0 saturated heterocycles. The number of thiazole rings is 1. The average molecular weight is 279 g/mol. The molecule has 0 radical (unpaired) electrons. The smallest absolute Gasteiger partial charge is 0.138 e. The van der Waals surface area contributed by atoms with Crippen molar-refractivity contribution < 1.29 is 4.39 Å². The number of fused-ring (bicyclic) bond motifs is 1. The third kappa shape index (κ3) is 1.14. The minimum absolute atomic E-state index is 0.191. The van der Waals surface area contributed by atoms with E-state index in [9.17, 15) is 4.39 Å². The normalized spacial score (nSPS) is 10.7. The molecule has 1 nitrogen and oxygen atoms in total. The van der Waals surface area contributed by atoms with Crippen molar-refractivity contribution in [1.82, 2.24) is 4.98 Å². The van der Waals surface area contributed by atoms with Crippen LogP contribution in [0, 0.1) is 9.39 Å². The monoisotopic (exact) mass is 279 g/mol. The number of rotatable bonds is 0. The van der Waals surface area contributed by atoms with E-state index in [1.807, 2.05) is 22.6 Å². The Labute approximate surface area is 80.4 Å². The first-order valence-corrected chi connectivity index (χ1v) is 4.92. The van der Waals surface area contributed by atoms with Crippen LogP contribution in [0.15, 0.2) is 17.6 Å². The van der Waals surface area contributed by atoms with Crippen LogP contribution in [0.25, 0.3) is 10.2 Å². The molecular formula is C7H3FINS.